The van der Waals surface area contributed by atoms with Gasteiger partial charge < -0.3 is 24.5 Å². The Labute approximate surface area is 600 Å². The molecule has 0 fully saturated rings. The Morgan fingerprint density at radius 3 is 1.31 bits per heavy atom. The number of urea groups is 1. The molecule has 0 aliphatic rings. The molecule has 2 aromatic carbocycles. The molecule has 0 aliphatic heterocycles. The van der Waals surface area contributed by atoms with Gasteiger partial charge in [0.05, 0.1) is 11.9 Å². The average molecular weight is 1350 g/mol. The molecule has 2 amide bonds. The molecular weight excluding hydrogens is 1180 g/mol. The zero-order chi connectivity index (χ0) is 76.7. The van der Waals surface area contributed by atoms with Gasteiger partial charge in [-0.05, 0) is 199 Å². The topological polar surface area (TPSA) is 107 Å². The number of aryl methyl sites for hydroxylation is 3. The third-order valence-corrected chi connectivity index (χ3v) is 14.2. The van der Waals surface area contributed by atoms with Crippen molar-refractivity contribution in [3.05, 3.63) is 96.2 Å². The number of allylic oxidation sites excluding steroid dienone is 2. The Balaban J connectivity index is -0.000000239. The van der Waals surface area contributed by atoms with Crippen molar-refractivity contribution in [2.24, 2.45) is 32.1 Å². The SMILES string of the molecule is CC=CC(C)(C)C.CCC(C)(C)C.CCC(C)(C)C.CCC(C)(C)C.CCC(C)(C)C.CCCCCNC(=O)NC(C)(C)C.CCCCN=CNOC(C)(C)C.CCCc1ccc(OC(C)(C)C)cc1.CCc1cn(C(C)(C)C)c2ccccc12.CCc1cncn1C(C)(C)C. The van der Waals surface area contributed by atoms with Gasteiger partial charge in [0.1, 0.15) is 17.7 Å². The van der Waals surface area contributed by atoms with Gasteiger partial charge in [-0.15, -0.1) is 0 Å². The highest BCUT2D eigenvalue weighted by Gasteiger charge is 2.18. The lowest BCUT2D eigenvalue weighted by molar-refractivity contribution is -0.0402. The number of hydroxylamine groups is 1. The van der Waals surface area contributed by atoms with Gasteiger partial charge in [-0.1, -0.05) is 260 Å². The van der Waals surface area contributed by atoms with Crippen molar-refractivity contribution in [1.82, 2.24) is 30.2 Å². The fourth-order valence-electron chi connectivity index (χ4n) is 6.66. The smallest absolute Gasteiger partial charge is 0.315 e. The van der Waals surface area contributed by atoms with E-state index in [4.69, 9.17) is 9.57 Å². The first-order valence-corrected chi connectivity index (χ1v) is 37.4. The van der Waals surface area contributed by atoms with E-state index in [1.165, 1.54) is 79.1 Å². The van der Waals surface area contributed by atoms with E-state index in [-0.39, 0.29) is 33.8 Å². The summed E-state index contributed by atoms with van der Waals surface area (Å²) in [5.41, 5.74) is 10.6. The number of nitrogens with one attached hydrogen (secondary N) is 3. The number of imidazole rings is 1. The maximum atomic E-state index is 11.2. The number of hydrogen-bond acceptors (Lipinski definition) is 5. The van der Waals surface area contributed by atoms with E-state index in [1.807, 2.05) is 61.0 Å². The molecule has 0 radical (unpaired) electrons. The van der Waals surface area contributed by atoms with Gasteiger partial charge in [-0.2, -0.15) is 0 Å². The highest BCUT2D eigenvalue weighted by molar-refractivity contribution is 5.84. The van der Waals surface area contributed by atoms with Crippen LogP contribution in [0.3, 0.4) is 0 Å². The second-order valence-electron chi connectivity index (χ2n) is 36.0. The number of hydrogen-bond donors (Lipinski definition) is 3. The zero-order valence-corrected chi connectivity index (χ0v) is 71.7. The van der Waals surface area contributed by atoms with E-state index < -0.39 is 0 Å². The fourth-order valence-corrected chi connectivity index (χ4v) is 6.66. The van der Waals surface area contributed by atoms with Gasteiger partial charge in [0.2, 0.25) is 0 Å². The molecule has 96 heavy (non-hydrogen) atoms. The Morgan fingerprint density at radius 1 is 0.542 bits per heavy atom. The summed E-state index contributed by atoms with van der Waals surface area (Å²) in [5, 5.41) is 7.07. The molecule has 0 bridgehead atoms. The quantitative estimate of drug-likeness (QED) is 0.0383. The van der Waals surface area contributed by atoms with Crippen molar-refractivity contribution in [2.75, 3.05) is 13.1 Å². The number of benzene rings is 2. The van der Waals surface area contributed by atoms with Crippen LogP contribution >= 0.6 is 0 Å². The molecule has 0 atom stereocenters. The molecule has 3 N–H and O–H groups in total. The lowest BCUT2D eigenvalue weighted by Gasteiger charge is -2.22. The summed E-state index contributed by atoms with van der Waals surface area (Å²) in [4.78, 5) is 24.6. The number of rotatable bonds is 14. The molecule has 2 heterocycles. The second-order valence-corrected chi connectivity index (χ2v) is 36.0. The number of amides is 2. The number of ether oxygens (including phenoxy) is 1. The molecule has 4 aromatic rings. The van der Waals surface area contributed by atoms with Gasteiger partial charge in [0.25, 0.3) is 0 Å². The Kier molecular flexibility index (Phi) is 55.0. The van der Waals surface area contributed by atoms with Crippen LogP contribution in [0.2, 0.25) is 0 Å². The number of carbonyl (C=O) groups is 1. The van der Waals surface area contributed by atoms with Crippen molar-refractivity contribution < 1.29 is 14.4 Å². The number of unbranched alkanes of at least 4 members (excludes halogenated alkanes) is 3. The minimum atomic E-state index is -0.156. The van der Waals surface area contributed by atoms with E-state index >= 15 is 0 Å². The van der Waals surface area contributed by atoms with E-state index in [0.717, 1.165) is 50.9 Å². The van der Waals surface area contributed by atoms with E-state index in [0.29, 0.717) is 27.1 Å². The third kappa shape index (κ3) is 72.2. The fraction of sp³-hybridized carbons (Fsp3) is 0.756. The molecule has 564 valence electrons. The molecule has 4 rings (SSSR count). The summed E-state index contributed by atoms with van der Waals surface area (Å²) in [5.74, 6) is 0.956. The molecule has 0 saturated heterocycles. The predicted octanol–water partition coefficient (Wildman–Crippen LogP) is 26.8. The van der Waals surface area contributed by atoms with Crippen LogP contribution in [0.25, 0.3) is 10.9 Å². The number of aliphatic imine (C=N–C) groups is 1. The largest absolute Gasteiger partial charge is 0.488 e. The zero-order valence-electron chi connectivity index (χ0n) is 71.7. The van der Waals surface area contributed by atoms with Crippen molar-refractivity contribution in [3.8, 4) is 5.75 Å². The molecule has 0 aliphatic carbocycles. The van der Waals surface area contributed by atoms with Crippen molar-refractivity contribution >= 4 is 23.3 Å². The molecular formula is C86H167N7O3. The van der Waals surface area contributed by atoms with Gasteiger partial charge in [0, 0.05) is 58.7 Å². The molecule has 2 aromatic heterocycles. The Morgan fingerprint density at radius 2 is 0.990 bits per heavy atom. The first kappa shape index (κ1) is 102. The van der Waals surface area contributed by atoms with Crippen LogP contribution in [0.4, 0.5) is 4.79 Å². The lowest BCUT2D eigenvalue weighted by Crippen LogP contribution is -2.46. The van der Waals surface area contributed by atoms with Gasteiger partial charge in [-0.25, -0.2) is 9.78 Å². The number of para-hydroxylation sites is 1. The van der Waals surface area contributed by atoms with Gasteiger partial charge in [0.15, 0.2) is 0 Å². The monoisotopic (exact) mass is 1350 g/mol. The van der Waals surface area contributed by atoms with E-state index in [9.17, 15) is 4.79 Å². The number of fused-ring (bicyclic) bond motifs is 1. The minimum absolute atomic E-state index is 0.0661. The summed E-state index contributed by atoms with van der Waals surface area (Å²) in [7, 11) is 0. The van der Waals surface area contributed by atoms with Crippen LogP contribution in [0, 0.1) is 27.1 Å². The summed E-state index contributed by atoms with van der Waals surface area (Å²) in [6.45, 7) is 88.2. The van der Waals surface area contributed by atoms with Crippen LogP contribution in [0.1, 0.15) is 358 Å². The number of aromatic nitrogens is 3. The summed E-state index contributed by atoms with van der Waals surface area (Å²) in [6.07, 6.45) is 27.3. The van der Waals surface area contributed by atoms with Crippen molar-refractivity contribution in [1.29, 1.82) is 0 Å². The van der Waals surface area contributed by atoms with Crippen LogP contribution in [-0.2, 0) is 35.2 Å². The number of carbonyl (C=O) groups excluding carboxylic acids is 1. The average Bonchev–Trinajstić information content (AvgIpc) is 1.64. The lowest BCUT2D eigenvalue weighted by atomic mass is 9.94. The maximum absolute atomic E-state index is 11.2. The molecule has 0 saturated carbocycles. The van der Waals surface area contributed by atoms with Crippen LogP contribution in [-0.4, -0.2) is 56.3 Å². The van der Waals surface area contributed by atoms with Crippen LogP contribution in [0.5, 0.6) is 5.75 Å². The number of nitrogens with zero attached hydrogens (tertiary/aromatic N) is 4. The van der Waals surface area contributed by atoms with Gasteiger partial charge in [-0.3, -0.25) is 15.3 Å². The van der Waals surface area contributed by atoms with Crippen LogP contribution in [0.15, 0.2) is 84.4 Å². The summed E-state index contributed by atoms with van der Waals surface area (Å²) >= 11 is 0. The Bertz CT molecular complexity index is 2440. The summed E-state index contributed by atoms with van der Waals surface area (Å²) in [6, 6.07) is 17.0. The normalized spacial score (nSPS) is 12.0. The van der Waals surface area contributed by atoms with Crippen molar-refractivity contribution in [3.63, 3.8) is 0 Å². The molecule has 0 unspecified atom stereocenters. The Hall–Kier alpha value is -4.57. The first-order valence-electron chi connectivity index (χ1n) is 37.4. The van der Waals surface area contributed by atoms with Crippen molar-refractivity contribution in [2.45, 2.75) is 388 Å². The third-order valence-electron chi connectivity index (χ3n) is 14.2. The standard InChI is InChI=1S/C14H19N.C13H20O.C10H22N2O.C9H20N2O.C9H16N2.C7H14.4C6H14/c1-5-11-10-15(14(2,3)4)13-9-7-6-8-12(11)13;1-5-6-11-7-9-12(10-8-11)14-13(2,3)4;1-5-6-7-8-11-9(13)12-10(2,3)4;1-5-6-7-10-8-11-12-9(2,3)4;1-5-8-6-10-7-11(8)9(2,3)4;1-5-6-7(2,3)4;4*1-5-6(2,3)4/h6-10H,5H2,1-4H3;7-10H,5-6H2,1-4H3;5-8H2,1-4H3,(H2,11,12,13);8H,5-7H2,1-4H3,(H,10,11);6-7H,5H2,1-4H3;5-6H,1-4H3;4*5H2,1-4H3. The van der Waals surface area contributed by atoms with E-state index in [2.05, 4.69) is 331 Å². The predicted molar refractivity (Wildman–Crippen MR) is 435 cm³/mol. The minimum Gasteiger partial charge on any atom is -0.488 e. The highest BCUT2D eigenvalue weighted by Crippen LogP contribution is 2.28. The van der Waals surface area contributed by atoms with E-state index in [1.54, 1.807) is 6.34 Å². The second kappa shape index (κ2) is 51.6. The maximum Gasteiger partial charge on any atom is 0.315 e. The molecule has 10 heteroatoms. The molecule has 10 nitrogen and oxygen atoms in total. The first-order chi connectivity index (χ1) is 43.4. The highest BCUT2D eigenvalue weighted by atomic mass is 16.7. The van der Waals surface area contributed by atoms with Crippen LogP contribution < -0.4 is 20.9 Å². The molecule has 0 spiro atoms. The van der Waals surface area contributed by atoms with Gasteiger partial charge >= 0.3 is 6.03 Å². The summed E-state index contributed by atoms with van der Waals surface area (Å²) < 4.78 is 10.3.